The molecule has 1 N–H and O–H groups in total. The summed E-state index contributed by atoms with van der Waals surface area (Å²) >= 11 is 1.60. The van der Waals surface area contributed by atoms with Gasteiger partial charge in [-0.3, -0.25) is 14.6 Å². The van der Waals surface area contributed by atoms with E-state index in [4.69, 9.17) is 0 Å². The summed E-state index contributed by atoms with van der Waals surface area (Å²) in [6.45, 7) is 3.90. The molecule has 2 amide bonds. The number of carbonyl (C=O) groups excluding carboxylic acids is 2. The second-order valence-electron chi connectivity index (χ2n) is 8.61. The van der Waals surface area contributed by atoms with Gasteiger partial charge in [-0.1, -0.05) is 31.7 Å². The maximum atomic E-state index is 12.7. The van der Waals surface area contributed by atoms with E-state index < -0.39 is 0 Å². The van der Waals surface area contributed by atoms with Gasteiger partial charge in [0.05, 0.1) is 6.42 Å². The standard InChI is InChI=1S/C24H31N3O2S/c1-17-22(15-26-23(28)13-20-7-4-12-30-20)21-10-11-27(16-19(21)14-25-17)24(29)9-8-18-5-2-3-6-18/h4,7,12,14,18H,2-3,5-6,8-11,13,15-16H2,1H3,(H,26,28). The summed E-state index contributed by atoms with van der Waals surface area (Å²) in [5.74, 6) is 1.06. The van der Waals surface area contributed by atoms with Crippen molar-refractivity contribution in [3.8, 4) is 0 Å². The Balaban J connectivity index is 1.35. The van der Waals surface area contributed by atoms with Gasteiger partial charge in [-0.15, -0.1) is 11.3 Å². The van der Waals surface area contributed by atoms with Gasteiger partial charge >= 0.3 is 0 Å². The van der Waals surface area contributed by atoms with E-state index in [1.165, 1.54) is 31.2 Å². The van der Waals surface area contributed by atoms with Gasteiger partial charge < -0.3 is 10.2 Å². The predicted octanol–water partition coefficient (Wildman–Crippen LogP) is 4.17. The molecular weight excluding hydrogens is 394 g/mol. The maximum absolute atomic E-state index is 12.7. The van der Waals surface area contributed by atoms with Crippen LogP contribution in [0.2, 0.25) is 0 Å². The third-order valence-corrected chi connectivity index (χ3v) is 7.44. The molecule has 4 rings (SSSR count). The Morgan fingerprint density at radius 2 is 2.13 bits per heavy atom. The molecule has 0 atom stereocenters. The highest BCUT2D eigenvalue weighted by atomic mass is 32.1. The van der Waals surface area contributed by atoms with Crippen LogP contribution in [0.5, 0.6) is 0 Å². The number of hydrogen-bond donors (Lipinski definition) is 1. The number of nitrogens with one attached hydrogen (secondary N) is 1. The predicted molar refractivity (Wildman–Crippen MR) is 119 cm³/mol. The normalized spacial score (nSPS) is 16.5. The number of aromatic nitrogens is 1. The molecule has 2 aromatic rings. The molecule has 0 aromatic carbocycles. The van der Waals surface area contributed by atoms with Crippen molar-refractivity contribution in [2.24, 2.45) is 5.92 Å². The van der Waals surface area contributed by atoms with Gasteiger partial charge in [0.2, 0.25) is 11.8 Å². The van der Waals surface area contributed by atoms with Gasteiger partial charge in [0.25, 0.3) is 0 Å². The maximum Gasteiger partial charge on any atom is 0.225 e. The van der Waals surface area contributed by atoms with Crippen molar-refractivity contribution < 1.29 is 9.59 Å². The van der Waals surface area contributed by atoms with E-state index in [9.17, 15) is 9.59 Å². The smallest absolute Gasteiger partial charge is 0.225 e. The van der Waals surface area contributed by atoms with Crippen LogP contribution in [-0.2, 0) is 35.5 Å². The van der Waals surface area contributed by atoms with Crippen LogP contribution < -0.4 is 5.32 Å². The molecule has 5 nitrogen and oxygen atoms in total. The highest BCUT2D eigenvalue weighted by molar-refractivity contribution is 7.10. The zero-order chi connectivity index (χ0) is 20.9. The molecule has 0 saturated heterocycles. The summed E-state index contributed by atoms with van der Waals surface area (Å²) in [5.41, 5.74) is 4.47. The number of pyridine rings is 1. The number of amides is 2. The van der Waals surface area contributed by atoms with E-state index in [0.717, 1.165) is 47.0 Å². The first kappa shape index (κ1) is 21.0. The van der Waals surface area contributed by atoms with Crippen molar-refractivity contribution in [3.63, 3.8) is 0 Å². The lowest BCUT2D eigenvalue weighted by Gasteiger charge is -2.31. The Morgan fingerprint density at radius 3 is 2.90 bits per heavy atom. The van der Waals surface area contributed by atoms with Crippen molar-refractivity contribution >= 4 is 23.2 Å². The van der Waals surface area contributed by atoms with Crippen molar-refractivity contribution in [2.45, 2.75) is 71.4 Å². The van der Waals surface area contributed by atoms with E-state index in [1.54, 1.807) is 11.3 Å². The van der Waals surface area contributed by atoms with E-state index in [1.807, 2.05) is 35.5 Å². The van der Waals surface area contributed by atoms with Crippen molar-refractivity contribution in [1.29, 1.82) is 0 Å². The topological polar surface area (TPSA) is 62.3 Å². The van der Waals surface area contributed by atoms with Crippen molar-refractivity contribution in [1.82, 2.24) is 15.2 Å². The molecule has 6 heteroatoms. The van der Waals surface area contributed by atoms with Crippen LogP contribution >= 0.6 is 11.3 Å². The third-order valence-electron chi connectivity index (χ3n) is 6.57. The number of aryl methyl sites for hydroxylation is 1. The number of carbonyl (C=O) groups is 2. The first-order chi connectivity index (χ1) is 14.6. The second-order valence-corrected chi connectivity index (χ2v) is 9.65. The SMILES string of the molecule is Cc1ncc2c(c1CNC(=O)Cc1cccs1)CCN(C(=O)CCC1CCCC1)C2. The minimum atomic E-state index is 0.0361. The fourth-order valence-electron chi connectivity index (χ4n) is 4.78. The van der Waals surface area contributed by atoms with Crippen LogP contribution in [0.3, 0.4) is 0 Å². The van der Waals surface area contributed by atoms with Crippen molar-refractivity contribution in [2.75, 3.05) is 6.54 Å². The van der Waals surface area contributed by atoms with Gasteiger partial charge in [-0.25, -0.2) is 0 Å². The van der Waals surface area contributed by atoms with E-state index in [0.29, 0.717) is 25.9 Å². The average Bonchev–Trinajstić information content (AvgIpc) is 3.45. The molecule has 0 spiro atoms. The zero-order valence-corrected chi connectivity index (χ0v) is 18.6. The lowest BCUT2D eigenvalue weighted by Crippen LogP contribution is -2.37. The van der Waals surface area contributed by atoms with Crippen LogP contribution in [0.15, 0.2) is 23.7 Å². The first-order valence-electron chi connectivity index (χ1n) is 11.1. The van der Waals surface area contributed by atoms with E-state index >= 15 is 0 Å². The highest BCUT2D eigenvalue weighted by Gasteiger charge is 2.25. The quantitative estimate of drug-likeness (QED) is 0.724. The molecule has 30 heavy (non-hydrogen) atoms. The molecule has 1 aliphatic carbocycles. The second kappa shape index (κ2) is 9.73. The third kappa shape index (κ3) is 5.09. The highest BCUT2D eigenvalue weighted by Crippen LogP contribution is 2.29. The Morgan fingerprint density at radius 1 is 1.30 bits per heavy atom. The van der Waals surface area contributed by atoms with Crippen LogP contribution in [0.1, 0.15) is 65.8 Å². The summed E-state index contributed by atoms with van der Waals surface area (Å²) < 4.78 is 0. The number of hydrogen-bond acceptors (Lipinski definition) is 4. The fourth-order valence-corrected chi connectivity index (χ4v) is 5.48. The van der Waals surface area contributed by atoms with Gasteiger partial charge in [0, 0.05) is 42.8 Å². The molecule has 2 aliphatic rings. The Kier molecular flexibility index (Phi) is 6.82. The Labute approximate surface area is 182 Å². The van der Waals surface area contributed by atoms with E-state index in [-0.39, 0.29) is 11.8 Å². The molecule has 2 aromatic heterocycles. The summed E-state index contributed by atoms with van der Waals surface area (Å²) in [6.07, 6.45) is 10.1. The lowest BCUT2D eigenvalue weighted by atomic mass is 9.94. The largest absolute Gasteiger partial charge is 0.352 e. The van der Waals surface area contributed by atoms with Crippen LogP contribution in [0, 0.1) is 12.8 Å². The Bertz CT molecular complexity index is 888. The van der Waals surface area contributed by atoms with Crippen molar-refractivity contribution in [3.05, 3.63) is 51.0 Å². The number of fused-ring (bicyclic) bond motifs is 1. The summed E-state index contributed by atoms with van der Waals surface area (Å²) in [7, 11) is 0. The number of rotatable bonds is 7. The molecule has 0 bridgehead atoms. The summed E-state index contributed by atoms with van der Waals surface area (Å²) in [6, 6.07) is 3.95. The minimum Gasteiger partial charge on any atom is -0.352 e. The first-order valence-corrected chi connectivity index (χ1v) is 12.0. The summed E-state index contributed by atoms with van der Waals surface area (Å²) in [4.78, 5) is 32.7. The summed E-state index contributed by atoms with van der Waals surface area (Å²) in [5, 5.41) is 5.05. The number of thiophene rings is 1. The monoisotopic (exact) mass is 425 g/mol. The molecule has 1 fully saturated rings. The van der Waals surface area contributed by atoms with Crippen LogP contribution in [0.4, 0.5) is 0 Å². The molecular formula is C24H31N3O2S. The van der Waals surface area contributed by atoms with Gasteiger partial charge in [-0.2, -0.15) is 0 Å². The molecule has 3 heterocycles. The average molecular weight is 426 g/mol. The van der Waals surface area contributed by atoms with Gasteiger partial charge in [0.15, 0.2) is 0 Å². The molecule has 1 aliphatic heterocycles. The zero-order valence-electron chi connectivity index (χ0n) is 17.8. The minimum absolute atomic E-state index is 0.0361. The Hall–Kier alpha value is -2.21. The molecule has 0 unspecified atom stereocenters. The molecule has 0 radical (unpaired) electrons. The van der Waals surface area contributed by atoms with Gasteiger partial charge in [-0.05, 0) is 53.8 Å². The fraction of sp³-hybridized carbons (Fsp3) is 0.542. The lowest BCUT2D eigenvalue weighted by molar-refractivity contribution is -0.132. The number of nitrogens with zero attached hydrogens (tertiary/aromatic N) is 2. The van der Waals surface area contributed by atoms with Crippen LogP contribution in [0.25, 0.3) is 0 Å². The van der Waals surface area contributed by atoms with Crippen LogP contribution in [-0.4, -0.2) is 28.2 Å². The van der Waals surface area contributed by atoms with E-state index in [2.05, 4.69) is 10.3 Å². The molecule has 160 valence electrons. The van der Waals surface area contributed by atoms with Gasteiger partial charge in [0.1, 0.15) is 0 Å². The molecule has 1 saturated carbocycles.